The highest BCUT2D eigenvalue weighted by molar-refractivity contribution is 6.29. The van der Waals surface area contributed by atoms with E-state index in [0.717, 1.165) is 30.4 Å². The molecular weight excluding hydrogens is 316 g/mol. The van der Waals surface area contributed by atoms with Crippen LogP contribution in [0.15, 0.2) is 12.3 Å². The molecule has 1 amide bonds. The Bertz CT molecular complexity index is 557. The summed E-state index contributed by atoms with van der Waals surface area (Å²) in [6.07, 6.45) is 3.81. The van der Waals surface area contributed by atoms with E-state index in [-0.39, 0.29) is 12.1 Å². The molecule has 1 aromatic rings. The van der Waals surface area contributed by atoms with Crippen molar-refractivity contribution in [1.29, 1.82) is 0 Å². The number of hydrogen-bond donors (Lipinski definition) is 1. The molecule has 0 aliphatic heterocycles. The van der Waals surface area contributed by atoms with E-state index in [1.54, 1.807) is 6.20 Å². The minimum absolute atomic E-state index is 0.0852. The van der Waals surface area contributed by atoms with Crippen LogP contribution in [-0.2, 0) is 15.9 Å². The highest BCUT2D eigenvalue weighted by Crippen LogP contribution is 2.33. The van der Waals surface area contributed by atoms with Gasteiger partial charge in [-0.15, -0.1) is 0 Å². The second-order valence-electron chi connectivity index (χ2n) is 6.78. The van der Waals surface area contributed by atoms with Gasteiger partial charge in [-0.1, -0.05) is 18.5 Å². The number of carbonyl (C=O) groups is 1. The van der Waals surface area contributed by atoms with Gasteiger partial charge >= 0.3 is 6.09 Å². The van der Waals surface area contributed by atoms with Gasteiger partial charge in [0.05, 0.1) is 12.1 Å². The quantitative estimate of drug-likeness (QED) is 0.840. The zero-order valence-electron chi connectivity index (χ0n) is 14.2. The Balaban J connectivity index is 2.20. The third-order valence-corrected chi connectivity index (χ3v) is 3.81. The molecule has 2 atom stereocenters. The first kappa shape index (κ1) is 18.0. The number of nitrogens with zero attached hydrogens (tertiary/aromatic N) is 1. The monoisotopic (exact) mass is 340 g/mol. The second kappa shape index (κ2) is 7.49. The maximum absolute atomic E-state index is 12.2. The predicted octanol–water partition coefficient (Wildman–Crippen LogP) is 4.04. The third-order valence-electron chi connectivity index (χ3n) is 3.60. The first-order chi connectivity index (χ1) is 10.8. The number of carbonyl (C=O) groups excluding carboxylic acids is 1. The number of alkyl carbamates (subject to hydrolysis) is 1. The number of amides is 1. The van der Waals surface area contributed by atoms with Gasteiger partial charge in [-0.25, -0.2) is 9.78 Å². The molecule has 0 radical (unpaired) electrons. The standard InChI is InChI=1S/C17H25ClN2O3/c1-5-8-22-13-7-6-11-9-14(18)19-10-12(11)15(13)20-16(21)23-17(2,3)4/h9-10,13,15H,5-8H2,1-4H3,(H,20,21). The maximum Gasteiger partial charge on any atom is 0.408 e. The van der Waals surface area contributed by atoms with Crippen LogP contribution in [0.5, 0.6) is 0 Å². The van der Waals surface area contributed by atoms with E-state index in [9.17, 15) is 4.79 Å². The Labute approximate surface area is 142 Å². The summed E-state index contributed by atoms with van der Waals surface area (Å²) in [6.45, 7) is 8.25. The van der Waals surface area contributed by atoms with Gasteiger partial charge in [-0.2, -0.15) is 0 Å². The van der Waals surface area contributed by atoms with Gasteiger partial charge in [0, 0.05) is 12.8 Å². The van der Waals surface area contributed by atoms with Crippen LogP contribution < -0.4 is 5.32 Å². The molecule has 1 N–H and O–H groups in total. The van der Waals surface area contributed by atoms with Gasteiger partial charge in [-0.05, 0) is 57.2 Å². The lowest BCUT2D eigenvalue weighted by Gasteiger charge is -2.34. The molecule has 0 bridgehead atoms. The fourth-order valence-corrected chi connectivity index (χ4v) is 2.87. The minimum Gasteiger partial charge on any atom is -0.444 e. The largest absolute Gasteiger partial charge is 0.444 e. The van der Waals surface area contributed by atoms with E-state index >= 15 is 0 Å². The summed E-state index contributed by atoms with van der Waals surface area (Å²) in [6, 6.07) is 1.58. The number of rotatable bonds is 4. The molecule has 1 heterocycles. The van der Waals surface area contributed by atoms with Crippen molar-refractivity contribution in [2.24, 2.45) is 0 Å². The minimum atomic E-state index is -0.542. The van der Waals surface area contributed by atoms with Crippen molar-refractivity contribution in [2.75, 3.05) is 6.61 Å². The Morgan fingerprint density at radius 3 is 2.87 bits per heavy atom. The molecule has 0 spiro atoms. The van der Waals surface area contributed by atoms with Crippen LogP contribution in [0.1, 0.15) is 57.7 Å². The Kier molecular flexibility index (Phi) is 5.87. The van der Waals surface area contributed by atoms with E-state index in [1.165, 1.54) is 0 Å². The number of aryl methyl sites for hydroxylation is 1. The summed E-state index contributed by atoms with van der Waals surface area (Å²) in [5.74, 6) is 0. The van der Waals surface area contributed by atoms with Crippen LogP contribution in [0.2, 0.25) is 5.15 Å². The summed E-state index contributed by atoms with van der Waals surface area (Å²) in [5.41, 5.74) is 1.51. The van der Waals surface area contributed by atoms with Gasteiger partial charge in [0.1, 0.15) is 10.8 Å². The summed E-state index contributed by atoms with van der Waals surface area (Å²) < 4.78 is 11.3. The molecule has 6 heteroatoms. The van der Waals surface area contributed by atoms with Gasteiger partial charge in [0.2, 0.25) is 0 Å². The number of halogens is 1. The summed E-state index contributed by atoms with van der Waals surface area (Å²) in [5, 5.41) is 3.41. The topological polar surface area (TPSA) is 60.5 Å². The van der Waals surface area contributed by atoms with Gasteiger partial charge in [0.25, 0.3) is 0 Å². The molecule has 1 aromatic heterocycles. The molecule has 1 aliphatic carbocycles. The molecule has 0 saturated heterocycles. The molecule has 1 aliphatic rings. The van der Waals surface area contributed by atoms with Crippen molar-refractivity contribution < 1.29 is 14.3 Å². The second-order valence-corrected chi connectivity index (χ2v) is 7.16. The van der Waals surface area contributed by atoms with Crippen LogP contribution >= 0.6 is 11.6 Å². The van der Waals surface area contributed by atoms with Crippen molar-refractivity contribution in [3.8, 4) is 0 Å². The molecule has 2 unspecified atom stereocenters. The highest BCUT2D eigenvalue weighted by atomic mass is 35.5. The van der Waals surface area contributed by atoms with Crippen molar-refractivity contribution in [3.63, 3.8) is 0 Å². The van der Waals surface area contributed by atoms with E-state index < -0.39 is 11.7 Å². The maximum atomic E-state index is 12.2. The van der Waals surface area contributed by atoms with Crippen LogP contribution in [0, 0.1) is 0 Å². The Morgan fingerprint density at radius 2 is 2.22 bits per heavy atom. The third kappa shape index (κ3) is 5.08. The molecule has 2 rings (SSSR count). The summed E-state index contributed by atoms with van der Waals surface area (Å²) >= 11 is 5.98. The van der Waals surface area contributed by atoms with Crippen molar-refractivity contribution in [2.45, 2.75) is 64.7 Å². The van der Waals surface area contributed by atoms with E-state index in [2.05, 4.69) is 17.2 Å². The Morgan fingerprint density at radius 1 is 1.48 bits per heavy atom. The molecular formula is C17H25ClN2O3. The fourth-order valence-electron chi connectivity index (χ4n) is 2.69. The number of nitrogens with one attached hydrogen (secondary N) is 1. The van der Waals surface area contributed by atoms with Gasteiger partial charge in [-0.3, -0.25) is 0 Å². The molecule has 5 nitrogen and oxygen atoms in total. The lowest BCUT2D eigenvalue weighted by Crippen LogP contribution is -2.43. The van der Waals surface area contributed by atoms with Gasteiger partial charge in [0.15, 0.2) is 0 Å². The lowest BCUT2D eigenvalue weighted by molar-refractivity contribution is 0.00598. The van der Waals surface area contributed by atoms with E-state index in [4.69, 9.17) is 21.1 Å². The van der Waals surface area contributed by atoms with Crippen molar-refractivity contribution >= 4 is 17.7 Å². The number of hydrogen-bond acceptors (Lipinski definition) is 4. The van der Waals surface area contributed by atoms with Crippen molar-refractivity contribution in [3.05, 3.63) is 28.5 Å². The van der Waals surface area contributed by atoms with E-state index in [1.807, 2.05) is 26.8 Å². The normalized spacial score (nSPS) is 20.7. The lowest BCUT2D eigenvalue weighted by atomic mass is 9.87. The van der Waals surface area contributed by atoms with Crippen molar-refractivity contribution in [1.82, 2.24) is 10.3 Å². The van der Waals surface area contributed by atoms with Crippen LogP contribution in [-0.4, -0.2) is 29.4 Å². The first-order valence-electron chi connectivity index (χ1n) is 8.05. The molecule has 0 fully saturated rings. The zero-order chi connectivity index (χ0) is 17.0. The fraction of sp³-hybridized carbons (Fsp3) is 0.647. The number of ether oxygens (including phenoxy) is 2. The summed E-state index contributed by atoms with van der Waals surface area (Å²) in [7, 11) is 0. The molecule has 0 aromatic carbocycles. The molecule has 0 saturated carbocycles. The Hall–Kier alpha value is -1.33. The molecule has 23 heavy (non-hydrogen) atoms. The SMILES string of the molecule is CCCOC1CCc2cc(Cl)ncc2C1NC(=O)OC(C)(C)C. The number of fused-ring (bicyclic) bond motifs is 1. The van der Waals surface area contributed by atoms with Crippen LogP contribution in [0.3, 0.4) is 0 Å². The predicted molar refractivity (Wildman–Crippen MR) is 89.7 cm³/mol. The average molecular weight is 341 g/mol. The van der Waals surface area contributed by atoms with Crippen LogP contribution in [0.25, 0.3) is 0 Å². The first-order valence-corrected chi connectivity index (χ1v) is 8.43. The molecule has 128 valence electrons. The number of aromatic nitrogens is 1. The van der Waals surface area contributed by atoms with Gasteiger partial charge < -0.3 is 14.8 Å². The van der Waals surface area contributed by atoms with Crippen LogP contribution in [0.4, 0.5) is 4.79 Å². The zero-order valence-corrected chi connectivity index (χ0v) is 14.9. The van der Waals surface area contributed by atoms with E-state index in [0.29, 0.717) is 11.8 Å². The number of pyridine rings is 1. The summed E-state index contributed by atoms with van der Waals surface area (Å²) in [4.78, 5) is 16.3. The smallest absolute Gasteiger partial charge is 0.408 e. The highest BCUT2D eigenvalue weighted by Gasteiger charge is 2.33. The average Bonchev–Trinajstić information content (AvgIpc) is 2.44.